The van der Waals surface area contributed by atoms with Gasteiger partial charge in [-0.1, -0.05) is 19.3 Å². The number of hydrogen-bond donors (Lipinski definition) is 1. The van der Waals surface area contributed by atoms with E-state index in [0.717, 1.165) is 5.76 Å². The third kappa shape index (κ3) is 2.29. The molecule has 0 aromatic carbocycles. The van der Waals surface area contributed by atoms with E-state index in [4.69, 9.17) is 10.2 Å². The fraction of sp³-hybridized carbons (Fsp3) is 0.583. The van der Waals surface area contributed by atoms with E-state index in [-0.39, 0.29) is 12.3 Å². The van der Waals surface area contributed by atoms with Gasteiger partial charge in [0.05, 0.1) is 6.54 Å². The number of rotatable bonds is 3. The van der Waals surface area contributed by atoms with Crippen molar-refractivity contribution in [3.8, 4) is 0 Å². The zero-order valence-corrected chi connectivity index (χ0v) is 8.87. The van der Waals surface area contributed by atoms with Crippen LogP contribution in [0.4, 0.5) is 0 Å². The summed E-state index contributed by atoms with van der Waals surface area (Å²) < 4.78 is 5.55. The van der Waals surface area contributed by atoms with Crippen LogP contribution in [0.5, 0.6) is 0 Å². The molecule has 1 fully saturated rings. The highest BCUT2D eigenvalue weighted by atomic mass is 16.3. The lowest BCUT2D eigenvalue weighted by atomic mass is 9.88. The van der Waals surface area contributed by atoms with Crippen molar-refractivity contribution in [2.75, 3.05) is 6.54 Å². The van der Waals surface area contributed by atoms with Gasteiger partial charge in [-0.05, 0) is 25.0 Å². The van der Waals surface area contributed by atoms with Crippen molar-refractivity contribution >= 4 is 5.78 Å². The highest BCUT2D eigenvalue weighted by Crippen LogP contribution is 2.33. The van der Waals surface area contributed by atoms with Crippen LogP contribution in [0.25, 0.3) is 0 Å². The molecule has 0 bridgehead atoms. The summed E-state index contributed by atoms with van der Waals surface area (Å²) in [5.74, 6) is 1.78. The van der Waals surface area contributed by atoms with Crippen LogP contribution in [-0.2, 0) is 0 Å². The maximum Gasteiger partial charge on any atom is 0.211 e. The molecule has 82 valence electrons. The van der Waals surface area contributed by atoms with E-state index in [0.29, 0.717) is 11.7 Å². The summed E-state index contributed by atoms with van der Waals surface area (Å²) in [6.45, 7) is 0.0254. The second-order valence-electron chi connectivity index (χ2n) is 4.16. The van der Waals surface area contributed by atoms with E-state index < -0.39 is 0 Å². The van der Waals surface area contributed by atoms with Gasteiger partial charge >= 0.3 is 0 Å². The number of ketones is 1. The van der Waals surface area contributed by atoms with Crippen LogP contribution in [0.2, 0.25) is 0 Å². The first-order valence-corrected chi connectivity index (χ1v) is 5.64. The van der Waals surface area contributed by atoms with E-state index >= 15 is 0 Å². The minimum atomic E-state index is -0.114. The maximum atomic E-state index is 11.3. The van der Waals surface area contributed by atoms with Gasteiger partial charge in [-0.15, -0.1) is 0 Å². The van der Waals surface area contributed by atoms with Gasteiger partial charge in [0.2, 0.25) is 5.78 Å². The number of nitrogens with two attached hydrogens (primary N) is 1. The third-order valence-electron chi connectivity index (χ3n) is 3.09. The lowest BCUT2D eigenvalue weighted by molar-refractivity contribution is 0.0972. The first-order valence-electron chi connectivity index (χ1n) is 5.64. The molecule has 1 aromatic heterocycles. The number of hydrogen-bond acceptors (Lipinski definition) is 3. The first-order chi connectivity index (χ1) is 7.31. The van der Waals surface area contributed by atoms with Crippen LogP contribution in [0.1, 0.15) is 54.3 Å². The lowest BCUT2D eigenvalue weighted by Gasteiger charge is -2.19. The highest BCUT2D eigenvalue weighted by molar-refractivity contribution is 5.94. The predicted octanol–water partition coefficient (Wildman–Crippen LogP) is 2.47. The summed E-state index contributed by atoms with van der Waals surface area (Å²) in [7, 11) is 0. The molecule has 3 heteroatoms. The lowest BCUT2D eigenvalue weighted by Crippen LogP contribution is -2.12. The van der Waals surface area contributed by atoms with Crippen LogP contribution in [0, 0.1) is 0 Å². The Morgan fingerprint density at radius 2 is 2.07 bits per heavy atom. The van der Waals surface area contributed by atoms with E-state index in [1.165, 1.54) is 32.1 Å². The van der Waals surface area contributed by atoms with Crippen molar-refractivity contribution in [1.82, 2.24) is 0 Å². The molecule has 0 saturated heterocycles. The predicted molar refractivity (Wildman–Crippen MR) is 57.9 cm³/mol. The molecule has 0 radical (unpaired) electrons. The molecule has 1 aliphatic carbocycles. The minimum absolute atomic E-state index is 0.0254. The van der Waals surface area contributed by atoms with Crippen LogP contribution < -0.4 is 5.73 Å². The number of Topliss-reactive ketones (excluding diaryl/α,β-unsaturated/α-hetero) is 1. The Bertz CT molecular complexity index is 337. The Labute approximate surface area is 89.6 Å². The number of carbonyl (C=O) groups excluding carboxylic acids is 1. The van der Waals surface area contributed by atoms with Crippen molar-refractivity contribution < 1.29 is 9.21 Å². The maximum absolute atomic E-state index is 11.3. The highest BCUT2D eigenvalue weighted by Gasteiger charge is 2.19. The van der Waals surface area contributed by atoms with Gasteiger partial charge in [0.15, 0.2) is 5.76 Å². The largest absolute Gasteiger partial charge is 0.458 e. The second kappa shape index (κ2) is 4.62. The normalized spacial score (nSPS) is 17.9. The van der Waals surface area contributed by atoms with Gasteiger partial charge < -0.3 is 10.2 Å². The first kappa shape index (κ1) is 10.4. The molecular weight excluding hydrogens is 190 g/mol. The second-order valence-corrected chi connectivity index (χ2v) is 4.16. The molecule has 1 aromatic rings. The fourth-order valence-corrected chi connectivity index (χ4v) is 2.21. The molecule has 1 saturated carbocycles. The van der Waals surface area contributed by atoms with Crippen LogP contribution in [-0.4, -0.2) is 12.3 Å². The Morgan fingerprint density at radius 1 is 1.33 bits per heavy atom. The van der Waals surface area contributed by atoms with Gasteiger partial charge in [0.1, 0.15) is 5.76 Å². The Balaban J connectivity index is 2.08. The van der Waals surface area contributed by atoms with E-state index in [2.05, 4.69) is 0 Å². The molecule has 3 nitrogen and oxygen atoms in total. The zero-order chi connectivity index (χ0) is 10.7. The molecule has 0 amide bonds. The third-order valence-corrected chi connectivity index (χ3v) is 3.09. The van der Waals surface area contributed by atoms with Crippen molar-refractivity contribution in [3.63, 3.8) is 0 Å². The topological polar surface area (TPSA) is 56.2 Å². The molecule has 0 aliphatic heterocycles. The van der Waals surface area contributed by atoms with Crippen LogP contribution in [0.3, 0.4) is 0 Å². The quantitative estimate of drug-likeness (QED) is 0.774. The fourth-order valence-electron chi connectivity index (χ4n) is 2.21. The summed E-state index contributed by atoms with van der Waals surface area (Å²) in [5, 5.41) is 0. The Morgan fingerprint density at radius 3 is 2.73 bits per heavy atom. The van der Waals surface area contributed by atoms with E-state index in [9.17, 15) is 4.79 Å². The van der Waals surface area contributed by atoms with E-state index in [1.54, 1.807) is 6.07 Å². The Hall–Kier alpha value is -1.09. The molecule has 1 heterocycles. The van der Waals surface area contributed by atoms with Crippen molar-refractivity contribution in [1.29, 1.82) is 0 Å². The summed E-state index contributed by atoms with van der Waals surface area (Å²) in [6, 6.07) is 3.68. The Kier molecular flexibility index (Phi) is 3.21. The molecule has 2 N–H and O–H groups in total. The summed E-state index contributed by atoms with van der Waals surface area (Å²) in [5.41, 5.74) is 5.28. The van der Waals surface area contributed by atoms with Gasteiger partial charge in [0.25, 0.3) is 0 Å². The SMILES string of the molecule is NCC(=O)c1ccc(C2CCCCC2)o1. The molecule has 2 rings (SSSR count). The molecule has 0 unspecified atom stereocenters. The van der Waals surface area contributed by atoms with E-state index in [1.807, 2.05) is 6.07 Å². The number of furan rings is 1. The summed E-state index contributed by atoms with van der Waals surface area (Å²) in [6.07, 6.45) is 6.23. The molecule has 1 aliphatic rings. The molecule has 0 atom stereocenters. The smallest absolute Gasteiger partial charge is 0.211 e. The zero-order valence-electron chi connectivity index (χ0n) is 8.87. The number of carbonyl (C=O) groups is 1. The van der Waals surface area contributed by atoms with Crippen molar-refractivity contribution in [3.05, 3.63) is 23.7 Å². The molecule has 15 heavy (non-hydrogen) atoms. The summed E-state index contributed by atoms with van der Waals surface area (Å²) >= 11 is 0. The average Bonchev–Trinajstić information content (AvgIpc) is 2.78. The molecular formula is C12H17NO2. The minimum Gasteiger partial charge on any atom is -0.458 e. The van der Waals surface area contributed by atoms with Crippen molar-refractivity contribution in [2.45, 2.75) is 38.0 Å². The summed E-state index contributed by atoms with van der Waals surface area (Å²) in [4.78, 5) is 11.3. The van der Waals surface area contributed by atoms with Gasteiger partial charge in [-0.25, -0.2) is 0 Å². The van der Waals surface area contributed by atoms with Crippen LogP contribution >= 0.6 is 0 Å². The standard InChI is InChI=1S/C12H17NO2/c13-8-10(14)12-7-6-11(15-12)9-4-2-1-3-5-9/h6-7,9H,1-5,8,13H2. The van der Waals surface area contributed by atoms with Gasteiger partial charge in [-0.2, -0.15) is 0 Å². The van der Waals surface area contributed by atoms with Crippen LogP contribution in [0.15, 0.2) is 16.5 Å². The van der Waals surface area contributed by atoms with Gasteiger partial charge in [0, 0.05) is 5.92 Å². The molecule has 0 spiro atoms. The average molecular weight is 207 g/mol. The monoisotopic (exact) mass is 207 g/mol. The van der Waals surface area contributed by atoms with Crippen molar-refractivity contribution in [2.24, 2.45) is 5.73 Å². The van der Waals surface area contributed by atoms with Gasteiger partial charge in [-0.3, -0.25) is 4.79 Å².